The van der Waals surface area contributed by atoms with Gasteiger partial charge in [-0.15, -0.1) is 11.3 Å². The predicted octanol–water partition coefficient (Wildman–Crippen LogP) is 5.07. The first kappa shape index (κ1) is 18.7. The smallest absolute Gasteiger partial charge is 0.339 e. The van der Waals surface area contributed by atoms with Gasteiger partial charge < -0.3 is 15.2 Å². The van der Waals surface area contributed by atoms with E-state index >= 15 is 0 Å². The van der Waals surface area contributed by atoms with Crippen molar-refractivity contribution < 1.29 is 19.4 Å². The zero-order valence-electron chi connectivity index (χ0n) is 15.0. The maximum Gasteiger partial charge on any atom is 0.339 e. The number of carbonyl (C=O) groups excluding carboxylic acids is 1. The molecule has 1 aromatic heterocycles. The van der Waals surface area contributed by atoms with Gasteiger partial charge in [0.05, 0.1) is 6.61 Å². The quantitative estimate of drug-likeness (QED) is 0.625. The van der Waals surface area contributed by atoms with Crippen LogP contribution in [-0.4, -0.2) is 23.6 Å². The van der Waals surface area contributed by atoms with E-state index in [1.165, 1.54) is 11.3 Å². The van der Waals surface area contributed by atoms with Gasteiger partial charge >= 0.3 is 5.97 Å². The summed E-state index contributed by atoms with van der Waals surface area (Å²) in [6, 6.07) is 14.4. The van der Waals surface area contributed by atoms with Crippen molar-refractivity contribution in [1.82, 2.24) is 0 Å². The monoisotopic (exact) mass is 381 g/mol. The first-order valence-electron chi connectivity index (χ1n) is 8.45. The summed E-state index contributed by atoms with van der Waals surface area (Å²) in [6.07, 6.45) is 0. The summed E-state index contributed by atoms with van der Waals surface area (Å²) in [5, 5.41) is 14.5. The van der Waals surface area contributed by atoms with E-state index in [0.29, 0.717) is 22.7 Å². The van der Waals surface area contributed by atoms with Crippen LogP contribution in [0.5, 0.6) is 5.75 Å². The Morgan fingerprint density at radius 2 is 1.89 bits per heavy atom. The Morgan fingerprint density at radius 1 is 1.15 bits per heavy atom. The van der Waals surface area contributed by atoms with Crippen LogP contribution in [0.1, 0.15) is 33.2 Å². The minimum Gasteiger partial charge on any atom is -0.494 e. The van der Waals surface area contributed by atoms with E-state index in [1.807, 2.05) is 32.0 Å². The van der Waals surface area contributed by atoms with Crippen LogP contribution >= 0.6 is 11.3 Å². The molecule has 5 nitrogen and oxygen atoms in total. The molecule has 0 atom stereocenters. The van der Waals surface area contributed by atoms with Crippen molar-refractivity contribution in [2.75, 3.05) is 11.9 Å². The van der Waals surface area contributed by atoms with Gasteiger partial charge in [-0.1, -0.05) is 29.8 Å². The molecule has 0 fully saturated rings. The van der Waals surface area contributed by atoms with Crippen LogP contribution in [0.25, 0.3) is 11.1 Å². The molecule has 0 bridgehead atoms. The molecular weight excluding hydrogens is 362 g/mol. The Balaban J connectivity index is 1.91. The normalized spacial score (nSPS) is 10.4. The van der Waals surface area contributed by atoms with Crippen molar-refractivity contribution in [3.63, 3.8) is 0 Å². The van der Waals surface area contributed by atoms with Gasteiger partial charge in [0.25, 0.3) is 5.91 Å². The van der Waals surface area contributed by atoms with Gasteiger partial charge in [0.1, 0.15) is 16.3 Å². The van der Waals surface area contributed by atoms with Gasteiger partial charge in [0, 0.05) is 16.5 Å². The number of carboxylic acid groups (broad SMARTS) is 1. The zero-order chi connectivity index (χ0) is 19.4. The second-order valence-corrected chi connectivity index (χ2v) is 6.82. The minimum absolute atomic E-state index is 0.0881. The molecule has 3 rings (SSSR count). The number of aryl methyl sites for hydroxylation is 1. The van der Waals surface area contributed by atoms with E-state index in [9.17, 15) is 14.7 Å². The molecule has 0 saturated heterocycles. The van der Waals surface area contributed by atoms with Gasteiger partial charge in [-0.05, 0) is 43.7 Å². The van der Waals surface area contributed by atoms with Crippen LogP contribution in [0.15, 0.2) is 53.9 Å². The number of hydrogen-bond donors (Lipinski definition) is 2. The van der Waals surface area contributed by atoms with E-state index in [0.717, 1.165) is 16.9 Å². The number of ether oxygens (including phenoxy) is 1. The van der Waals surface area contributed by atoms with Crippen LogP contribution in [-0.2, 0) is 0 Å². The summed E-state index contributed by atoms with van der Waals surface area (Å²) in [7, 11) is 0. The molecule has 0 aliphatic carbocycles. The minimum atomic E-state index is -1.08. The van der Waals surface area contributed by atoms with Crippen LogP contribution in [0.2, 0.25) is 0 Å². The highest BCUT2D eigenvalue weighted by Gasteiger charge is 2.21. The largest absolute Gasteiger partial charge is 0.494 e. The molecule has 2 aromatic carbocycles. The fourth-order valence-electron chi connectivity index (χ4n) is 2.73. The molecule has 1 amide bonds. The highest BCUT2D eigenvalue weighted by atomic mass is 32.1. The summed E-state index contributed by atoms with van der Waals surface area (Å²) < 4.78 is 5.42. The number of anilines is 1. The number of carbonyl (C=O) groups is 2. The summed E-state index contributed by atoms with van der Waals surface area (Å²) in [4.78, 5) is 24.3. The van der Waals surface area contributed by atoms with Gasteiger partial charge in [-0.3, -0.25) is 4.79 Å². The molecule has 0 spiro atoms. The molecule has 0 aliphatic rings. The fourth-order valence-corrected chi connectivity index (χ4v) is 3.69. The van der Waals surface area contributed by atoms with Crippen LogP contribution in [0.3, 0.4) is 0 Å². The lowest BCUT2D eigenvalue weighted by molar-refractivity contribution is 0.0699. The number of carboxylic acids is 1. The summed E-state index contributed by atoms with van der Waals surface area (Å²) in [5.74, 6) is -0.692. The third-order valence-electron chi connectivity index (χ3n) is 3.99. The molecular formula is C21H19NO4S. The molecule has 2 N–H and O–H groups in total. The topological polar surface area (TPSA) is 75.6 Å². The number of amides is 1. The fraction of sp³-hybridized carbons (Fsp3) is 0.143. The molecule has 1 heterocycles. The lowest BCUT2D eigenvalue weighted by Gasteiger charge is -2.07. The number of rotatable bonds is 6. The average molecular weight is 381 g/mol. The molecule has 0 saturated carbocycles. The van der Waals surface area contributed by atoms with Crippen molar-refractivity contribution >= 4 is 28.2 Å². The number of nitrogens with one attached hydrogen (secondary N) is 1. The molecule has 3 aromatic rings. The van der Waals surface area contributed by atoms with Crippen molar-refractivity contribution in [1.29, 1.82) is 0 Å². The van der Waals surface area contributed by atoms with E-state index < -0.39 is 5.97 Å². The lowest BCUT2D eigenvalue weighted by atomic mass is 10.0. The van der Waals surface area contributed by atoms with E-state index in [4.69, 9.17) is 4.74 Å². The molecule has 0 unspecified atom stereocenters. The van der Waals surface area contributed by atoms with Crippen LogP contribution in [0, 0.1) is 6.92 Å². The standard InChI is InChI=1S/C21H19NO4S/c1-3-26-16-9-7-14(8-10-16)17-12-27-20(18(17)21(24)25)22-19(23)15-6-4-5-13(2)11-15/h4-12H,3H2,1-2H3,(H,22,23)(H,24,25). The molecule has 6 heteroatoms. The van der Waals surface area contributed by atoms with Crippen molar-refractivity contribution in [2.24, 2.45) is 0 Å². The zero-order valence-corrected chi connectivity index (χ0v) is 15.8. The maximum atomic E-state index is 12.5. The van der Waals surface area contributed by atoms with Crippen LogP contribution < -0.4 is 10.1 Å². The molecule has 27 heavy (non-hydrogen) atoms. The van der Waals surface area contributed by atoms with Crippen molar-refractivity contribution in [3.05, 3.63) is 70.6 Å². The summed E-state index contributed by atoms with van der Waals surface area (Å²) in [5.41, 5.74) is 2.85. The van der Waals surface area contributed by atoms with E-state index in [2.05, 4.69) is 5.32 Å². The Kier molecular flexibility index (Phi) is 5.57. The number of thiophene rings is 1. The van der Waals surface area contributed by atoms with Gasteiger partial charge in [-0.25, -0.2) is 4.79 Å². The summed E-state index contributed by atoms with van der Waals surface area (Å²) >= 11 is 1.20. The van der Waals surface area contributed by atoms with Gasteiger partial charge in [-0.2, -0.15) is 0 Å². The Hall–Kier alpha value is -3.12. The number of hydrogen-bond acceptors (Lipinski definition) is 4. The first-order chi connectivity index (χ1) is 13.0. The lowest BCUT2D eigenvalue weighted by Crippen LogP contribution is -2.13. The summed E-state index contributed by atoms with van der Waals surface area (Å²) in [6.45, 7) is 4.36. The molecule has 0 aliphatic heterocycles. The average Bonchev–Trinajstić information content (AvgIpc) is 3.06. The second-order valence-electron chi connectivity index (χ2n) is 5.94. The van der Waals surface area contributed by atoms with E-state index in [1.54, 1.807) is 35.7 Å². The number of aromatic carboxylic acids is 1. The molecule has 138 valence electrons. The number of benzene rings is 2. The molecule has 0 radical (unpaired) electrons. The van der Waals surface area contributed by atoms with Crippen molar-refractivity contribution in [3.8, 4) is 16.9 Å². The van der Waals surface area contributed by atoms with E-state index in [-0.39, 0.29) is 11.5 Å². The first-order valence-corrected chi connectivity index (χ1v) is 9.33. The van der Waals surface area contributed by atoms with Gasteiger partial charge in [0.15, 0.2) is 0 Å². The highest BCUT2D eigenvalue weighted by Crippen LogP contribution is 2.36. The third kappa shape index (κ3) is 4.17. The maximum absolute atomic E-state index is 12.5. The Morgan fingerprint density at radius 3 is 2.52 bits per heavy atom. The predicted molar refractivity (Wildman–Crippen MR) is 107 cm³/mol. The Labute approximate surface area is 161 Å². The highest BCUT2D eigenvalue weighted by molar-refractivity contribution is 7.15. The second kappa shape index (κ2) is 8.05. The third-order valence-corrected chi connectivity index (χ3v) is 4.88. The van der Waals surface area contributed by atoms with Crippen LogP contribution in [0.4, 0.5) is 5.00 Å². The SMILES string of the molecule is CCOc1ccc(-c2csc(NC(=O)c3cccc(C)c3)c2C(=O)O)cc1. The van der Waals surface area contributed by atoms with Gasteiger partial charge in [0.2, 0.25) is 0 Å². The Bertz CT molecular complexity index is 976. The van der Waals surface area contributed by atoms with Crippen molar-refractivity contribution in [2.45, 2.75) is 13.8 Å².